The molecule has 1 spiro atoms. The van der Waals surface area contributed by atoms with E-state index in [2.05, 4.69) is 11.4 Å². The van der Waals surface area contributed by atoms with Gasteiger partial charge >= 0.3 is 5.97 Å². The second kappa shape index (κ2) is 4.90. The van der Waals surface area contributed by atoms with Gasteiger partial charge in [-0.05, 0) is 37.0 Å². The highest BCUT2D eigenvalue weighted by Gasteiger charge is 2.48. The molecule has 98 valence electrons. The molecule has 2 aliphatic rings. The van der Waals surface area contributed by atoms with Gasteiger partial charge in [-0.25, -0.2) is 4.79 Å². The number of ether oxygens (including phenoxy) is 1. The molecule has 1 N–H and O–H groups in total. The Hall–Kier alpha value is -1.06. The molecule has 0 atom stereocenters. The Morgan fingerprint density at radius 1 is 1.44 bits per heavy atom. The summed E-state index contributed by atoms with van der Waals surface area (Å²) in [6.07, 6.45) is 2.37. The van der Waals surface area contributed by atoms with Crippen molar-refractivity contribution in [2.24, 2.45) is 0 Å². The molecule has 3 rings (SSSR count). The summed E-state index contributed by atoms with van der Waals surface area (Å²) in [7, 11) is 0. The van der Waals surface area contributed by atoms with Gasteiger partial charge in [0.15, 0.2) is 0 Å². The molecule has 0 amide bonds. The van der Waals surface area contributed by atoms with Crippen LogP contribution in [0.15, 0.2) is 18.2 Å². The highest BCUT2D eigenvalue weighted by atomic mass is 35.5. The number of halogens is 1. The van der Waals surface area contributed by atoms with Crippen LogP contribution in [0.25, 0.3) is 0 Å². The quantitative estimate of drug-likeness (QED) is 0.837. The zero-order valence-corrected chi connectivity index (χ0v) is 11.3. The van der Waals surface area contributed by atoms with Gasteiger partial charge in [0.25, 0.3) is 0 Å². The third kappa shape index (κ3) is 2.02. The van der Waals surface area contributed by atoms with Crippen molar-refractivity contribution in [2.45, 2.75) is 31.7 Å². The number of carbonyl (C=O) groups is 1. The van der Waals surface area contributed by atoms with E-state index < -0.39 is 0 Å². The molecular weight excluding hydrogens is 250 g/mol. The molecule has 1 aromatic carbocycles. The Labute approximate surface area is 113 Å². The largest absolute Gasteiger partial charge is 0.462 e. The van der Waals surface area contributed by atoms with Crippen LogP contribution in [0.3, 0.4) is 0 Å². The smallest absolute Gasteiger partial charge is 0.338 e. The maximum Gasteiger partial charge on any atom is 0.338 e. The van der Waals surface area contributed by atoms with Crippen molar-refractivity contribution >= 4 is 18.4 Å². The van der Waals surface area contributed by atoms with Gasteiger partial charge in [-0.2, -0.15) is 0 Å². The lowest BCUT2D eigenvalue weighted by Crippen LogP contribution is -2.35. The van der Waals surface area contributed by atoms with Crippen molar-refractivity contribution in [1.82, 2.24) is 5.32 Å². The number of benzene rings is 1. The second-order valence-electron chi connectivity index (χ2n) is 4.94. The van der Waals surface area contributed by atoms with Gasteiger partial charge in [0, 0.05) is 18.5 Å². The number of carbonyl (C=O) groups excluding carboxylic acids is 1. The number of hydrogen-bond donors (Lipinski definition) is 1. The van der Waals surface area contributed by atoms with E-state index in [1.807, 2.05) is 19.1 Å². The van der Waals surface area contributed by atoms with Gasteiger partial charge in [0.2, 0.25) is 0 Å². The van der Waals surface area contributed by atoms with E-state index in [0.717, 1.165) is 18.7 Å². The van der Waals surface area contributed by atoms with Crippen LogP contribution in [0.5, 0.6) is 0 Å². The van der Waals surface area contributed by atoms with Crippen molar-refractivity contribution in [3.05, 3.63) is 34.9 Å². The summed E-state index contributed by atoms with van der Waals surface area (Å²) in [6, 6.07) is 5.97. The molecule has 1 fully saturated rings. The summed E-state index contributed by atoms with van der Waals surface area (Å²) in [6.45, 7) is 4.15. The van der Waals surface area contributed by atoms with Crippen molar-refractivity contribution in [3.8, 4) is 0 Å². The average Bonchev–Trinajstić information content (AvgIpc) is 3.10. The molecule has 4 heteroatoms. The first-order chi connectivity index (χ1) is 8.27. The number of fused-ring (bicyclic) bond motifs is 2. The summed E-state index contributed by atoms with van der Waals surface area (Å²) >= 11 is 0. The van der Waals surface area contributed by atoms with Gasteiger partial charge in [-0.3, -0.25) is 0 Å². The molecule has 1 aliphatic heterocycles. The minimum absolute atomic E-state index is 0. The van der Waals surface area contributed by atoms with E-state index in [4.69, 9.17) is 4.74 Å². The van der Waals surface area contributed by atoms with E-state index in [9.17, 15) is 4.79 Å². The van der Waals surface area contributed by atoms with Gasteiger partial charge in [0.1, 0.15) is 0 Å². The zero-order valence-electron chi connectivity index (χ0n) is 10.5. The summed E-state index contributed by atoms with van der Waals surface area (Å²) in [5.41, 5.74) is 3.51. The van der Waals surface area contributed by atoms with Gasteiger partial charge in [-0.15, -0.1) is 12.4 Å². The van der Waals surface area contributed by atoms with E-state index >= 15 is 0 Å². The minimum atomic E-state index is -0.169. The van der Waals surface area contributed by atoms with Crippen molar-refractivity contribution < 1.29 is 9.53 Å². The SMILES string of the molecule is CCOC(=O)c1cccc2c1C1(CC1)CNC2.Cl. The Balaban J connectivity index is 0.00000120. The molecule has 1 saturated carbocycles. The molecule has 0 radical (unpaired) electrons. The third-order valence-corrected chi connectivity index (χ3v) is 3.81. The van der Waals surface area contributed by atoms with E-state index in [0.29, 0.717) is 6.61 Å². The third-order valence-electron chi connectivity index (χ3n) is 3.81. The van der Waals surface area contributed by atoms with E-state index in [1.165, 1.54) is 24.0 Å². The summed E-state index contributed by atoms with van der Waals surface area (Å²) in [5, 5.41) is 3.44. The monoisotopic (exact) mass is 267 g/mol. The maximum atomic E-state index is 12.0. The van der Waals surface area contributed by atoms with Crippen LogP contribution >= 0.6 is 12.4 Å². The predicted octanol–water partition coefficient (Wildman–Crippen LogP) is 2.42. The Kier molecular flexibility index (Phi) is 3.64. The van der Waals surface area contributed by atoms with E-state index in [-0.39, 0.29) is 23.8 Å². The number of rotatable bonds is 2. The average molecular weight is 268 g/mol. The van der Waals surface area contributed by atoms with Crippen LogP contribution in [0.1, 0.15) is 41.3 Å². The number of hydrogen-bond acceptors (Lipinski definition) is 3. The van der Waals surface area contributed by atoms with Gasteiger partial charge in [-0.1, -0.05) is 12.1 Å². The fraction of sp³-hybridized carbons (Fsp3) is 0.500. The second-order valence-corrected chi connectivity index (χ2v) is 4.94. The summed E-state index contributed by atoms with van der Waals surface area (Å²) in [5.74, 6) is -0.169. The normalized spacial score (nSPS) is 18.7. The van der Waals surface area contributed by atoms with Gasteiger partial charge in [0.05, 0.1) is 12.2 Å². The highest BCUT2D eigenvalue weighted by Crippen LogP contribution is 2.51. The standard InChI is InChI=1S/C14H17NO2.ClH/c1-2-17-13(16)11-5-3-4-10-8-15-9-14(6-7-14)12(10)11;/h3-5,15H,2,6-9H2,1H3;1H. The Morgan fingerprint density at radius 3 is 2.89 bits per heavy atom. The van der Waals surface area contributed by atoms with Crippen LogP contribution in [0.4, 0.5) is 0 Å². The molecule has 0 bridgehead atoms. The van der Waals surface area contributed by atoms with Crippen molar-refractivity contribution in [2.75, 3.05) is 13.2 Å². The lowest BCUT2D eigenvalue weighted by Gasteiger charge is -2.28. The highest BCUT2D eigenvalue weighted by molar-refractivity contribution is 5.92. The molecule has 0 unspecified atom stereocenters. The first-order valence-corrected chi connectivity index (χ1v) is 6.27. The number of nitrogens with one attached hydrogen (secondary N) is 1. The zero-order chi connectivity index (χ0) is 11.9. The van der Waals surface area contributed by atoms with Crippen molar-refractivity contribution in [3.63, 3.8) is 0 Å². The lowest BCUT2D eigenvalue weighted by atomic mass is 9.84. The first kappa shape index (κ1) is 13.4. The fourth-order valence-electron chi connectivity index (χ4n) is 2.86. The molecule has 0 aromatic heterocycles. The Morgan fingerprint density at radius 2 is 2.22 bits per heavy atom. The molecule has 1 aliphatic carbocycles. The summed E-state index contributed by atoms with van der Waals surface area (Å²) in [4.78, 5) is 12.0. The molecule has 18 heavy (non-hydrogen) atoms. The topological polar surface area (TPSA) is 38.3 Å². The lowest BCUT2D eigenvalue weighted by molar-refractivity contribution is 0.0523. The molecule has 1 aromatic rings. The molecule has 0 saturated heterocycles. The van der Waals surface area contributed by atoms with E-state index in [1.54, 1.807) is 0 Å². The van der Waals surface area contributed by atoms with Crippen LogP contribution in [0.2, 0.25) is 0 Å². The van der Waals surface area contributed by atoms with Crippen LogP contribution in [-0.4, -0.2) is 19.1 Å². The fourth-order valence-corrected chi connectivity index (χ4v) is 2.86. The van der Waals surface area contributed by atoms with Gasteiger partial charge < -0.3 is 10.1 Å². The molecule has 1 heterocycles. The Bertz CT molecular complexity index is 469. The first-order valence-electron chi connectivity index (χ1n) is 6.27. The molecular formula is C14H18ClNO2. The molecule has 3 nitrogen and oxygen atoms in total. The van der Waals surface area contributed by atoms with Crippen molar-refractivity contribution in [1.29, 1.82) is 0 Å². The van der Waals surface area contributed by atoms with Crippen LogP contribution in [-0.2, 0) is 16.7 Å². The summed E-state index contributed by atoms with van der Waals surface area (Å²) < 4.78 is 5.16. The maximum absolute atomic E-state index is 12.0. The minimum Gasteiger partial charge on any atom is -0.462 e. The van der Waals surface area contributed by atoms with Crippen LogP contribution < -0.4 is 5.32 Å². The number of esters is 1. The predicted molar refractivity (Wildman–Crippen MR) is 72.3 cm³/mol. The van der Waals surface area contributed by atoms with Crippen LogP contribution in [0, 0.1) is 0 Å².